The molecule has 0 bridgehead atoms. The second kappa shape index (κ2) is 3.38. The predicted molar refractivity (Wildman–Crippen MR) is 61.1 cm³/mol. The van der Waals surface area contributed by atoms with Gasteiger partial charge in [-0.25, -0.2) is 0 Å². The topological polar surface area (TPSA) is 52.0 Å². The summed E-state index contributed by atoms with van der Waals surface area (Å²) in [6.07, 6.45) is 1.74. The zero-order valence-electron chi connectivity index (χ0n) is 9.25. The van der Waals surface area contributed by atoms with Crippen LogP contribution in [0, 0.1) is 0 Å². The number of hydrogen-bond acceptors (Lipinski definition) is 3. The van der Waals surface area contributed by atoms with Gasteiger partial charge in [0, 0.05) is 24.4 Å². The van der Waals surface area contributed by atoms with E-state index >= 15 is 0 Å². The first kappa shape index (κ1) is 9.96. The first-order valence-electron chi connectivity index (χ1n) is 5.35. The lowest BCUT2D eigenvalue weighted by atomic mass is 10.0. The smallest absolute Gasteiger partial charge is 0.180 e. The van der Waals surface area contributed by atoms with Crippen molar-refractivity contribution in [1.82, 2.24) is 9.78 Å². The molecule has 84 valence electrons. The van der Waals surface area contributed by atoms with E-state index in [2.05, 4.69) is 5.10 Å². The van der Waals surface area contributed by atoms with Crippen molar-refractivity contribution in [3.63, 3.8) is 0 Å². The van der Waals surface area contributed by atoms with Crippen molar-refractivity contribution in [1.29, 1.82) is 0 Å². The molecule has 0 unspecified atom stereocenters. The summed E-state index contributed by atoms with van der Waals surface area (Å²) in [5, 5.41) is 4.15. The van der Waals surface area contributed by atoms with E-state index < -0.39 is 5.92 Å². The molecule has 2 aromatic rings. The van der Waals surface area contributed by atoms with E-state index in [9.17, 15) is 9.59 Å². The molecule has 1 aliphatic carbocycles. The van der Waals surface area contributed by atoms with Crippen LogP contribution >= 0.6 is 0 Å². The summed E-state index contributed by atoms with van der Waals surface area (Å²) in [6, 6.07) is 8.64. The van der Waals surface area contributed by atoms with Gasteiger partial charge >= 0.3 is 0 Å². The maximum Gasteiger partial charge on any atom is 0.180 e. The molecule has 3 rings (SSSR count). The Bertz CT molecular complexity index is 593. The van der Waals surface area contributed by atoms with Crippen LogP contribution in [0.3, 0.4) is 0 Å². The van der Waals surface area contributed by atoms with Crippen molar-refractivity contribution < 1.29 is 9.59 Å². The molecule has 17 heavy (non-hydrogen) atoms. The summed E-state index contributed by atoms with van der Waals surface area (Å²) in [5.41, 5.74) is 1.54. The zero-order chi connectivity index (χ0) is 12.0. The average molecular weight is 226 g/mol. The van der Waals surface area contributed by atoms with Crippen molar-refractivity contribution >= 4 is 11.6 Å². The Morgan fingerprint density at radius 2 is 1.65 bits per heavy atom. The first-order chi connectivity index (χ1) is 8.18. The van der Waals surface area contributed by atoms with Crippen molar-refractivity contribution in [3.05, 3.63) is 53.3 Å². The van der Waals surface area contributed by atoms with Gasteiger partial charge in [-0.2, -0.15) is 5.10 Å². The molecule has 0 saturated heterocycles. The van der Waals surface area contributed by atoms with Crippen molar-refractivity contribution in [2.75, 3.05) is 0 Å². The standard InChI is InChI=1S/C13H10N2O2/c1-15-7-6-10(14-15)11-12(16)8-4-2-3-5-9(8)13(11)17/h2-7,11H,1H3. The largest absolute Gasteiger partial charge is 0.293 e. The fourth-order valence-electron chi connectivity index (χ4n) is 2.20. The van der Waals surface area contributed by atoms with Crippen LogP contribution in [-0.4, -0.2) is 21.3 Å². The average Bonchev–Trinajstić information content (AvgIpc) is 2.84. The third-order valence-corrected chi connectivity index (χ3v) is 3.01. The Kier molecular flexibility index (Phi) is 1.98. The van der Waals surface area contributed by atoms with Crippen LogP contribution in [-0.2, 0) is 7.05 Å². The van der Waals surface area contributed by atoms with Crippen LogP contribution in [0.5, 0.6) is 0 Å². The van der Waals surface area contributed by atoms with Gasteiger partial charge in [0.25, 0.3) is 0 Å². The molecule has 0 spiro atoms. The summed E-state index contributed by atoms with van der Waals surface area (Å²) in [6.45, 7) is 0. The van der Waals surface area contributed by atoms with Crippen molar-refractivity contribution in [2.45, 2.75) is 5.92 Å². The number of carbonyl (C=O) groups excluding carboxylic acids is 2. The number of Topliss-reactive ketones (excluding diaryl/α,β-unsaturated/α-hetero) is 2. The quantitative estimate of drug-likeness (QED) is 0.694. The summed E-state index contributed by atoms with van der Waals surface area (Å²) < 4.78 is 1.60. The van der Waals surface area contributed by atoms with E-state index in [1.165, 1.54) is 0 Å². The Morgan fingerprint density at radius 1 is 1.06 bits per heavy atom. The molecule has 1 heterocycles. The first-order valence-corrected chi connectivity index (χ1v) is 5.35. The van der Waals surface area contributed by atoms with E-state index in [0.29, 0.717) is 16.8 Å². The molecular weight excluding hydrogens is 216 g/mol. The molecule has 0 fully saturated rings. The molecule has 4 nitrogen and oxygen atoms in total. The van der Waals surface area contributed by atoms with Crippen LogP contribution in [0.4, 0.5) is 0 Å². The van der Waals surface area contributed by atoms with E-state index in [1.807, 2.05) is 0 Å². The number of rotatable bonds is 1. The lowest BCUT2D eigenvalue weighted by Crippen LogP contribution is -2.13. The number of ketones is 2. The maximum absolute atomic E-state index is 12.1. The highest BCUT2D eigenvalue weighted by Crippen LogP contribution is 2.32. The van der Waals surface area contributed by atoms with Crippen LogP contribution in [0.15, 0.2) is 36.5 Å². The van der Waals surface area contributed by atoms with Gasteiger partial charge < -0.3 is 0 Å². The second-order valence-corrected chi connectivity index (χ2v) is 4.12. The molecule has 4 heteroatoms. The fraction of sp³-hybridized carbons (Fsp3) is 0.154. The lowest BCUT2D eigenvalue weighted by molar-refractivity contribution is 0.0887. The summed E-state index contributed by atoms with van der Waals surface area (Å²) in [7, 11) is 1.76. The van der Waals surface area contributed by atoms with Gasteiger partial charge in [0.15, 0.2) is 11.6 Å². The normalized spacial score (nSPS) is 15.4. The van der Waals surface area contributed by atoms with Gasteiger partial charge in [0.1, 0.15) is 5.92 Å². The second-order valence-electron chi connectivity index (χ2n) is 4.12. The Hall–Kier alpha value is -2.23. The van der Waals surface area contributed by atoms with E-state index in [0.717, 1.165) is 0 Å². The maximum atomic E-state index is 12.1. The van der Waals surface area contributed by atoms with Crippen molar-refractivity contribution in [2.24, 2.45) is 7.05 Å². The van der Waals surface area contributed by atoms with E-state index in [1.54, 1.807) is 48.3 Å². The molecule has 0 aliphatic heterocycles. The molecule has 0 atom stereocenters. The molecule has 0 radical (unpaired) electrons. The summed E-state index contributed by atoms with van der Waals surface area (Å²) in [4.78, 5) is 24.3. The van der Waals surface area contributed by atoms with Crippen LogP contribution in [0.2, 0.25) is 0 Å². The monoisotopic (exact) mass is 226 g/mol. The summed E-state index contributed by atoms with van der Waals surface area (Å²) >= 11 is 0. The molecule has 1 aromatic heterocycles. The van der Waals surface area contributed by atoms with Crippen LogP contribution in [0.1, 0.15) is 32.3 Å². The predicted octanol–water partition coefficient (Wildman–Crippen LogP) is 1.58. The molecule has 0 N–H and O–H groups in total. The van der Waals surface area contributed by atoms with Gasteiger partial charge in [0.2, 0.25) is 0 Å². The SMILES string of the molecule is Cn1ccc(C2C(=O)c3ccccc3C2=O)n1. The third-order valence-electron chi connectivity index (χ3n) is 3.01. The Labute approximate surface area is 97.9 Å². The van der Waals surface area contributed by atoms with Gasteiger partial charge in [-0.05, 0) is 6.07 Å². The minimum absolute atomic E-state index is 0.149. The minimum atomic E-state index is -0.756. The minimum Gasteiger partial charge on any atom is -0.293 e. The van der Waals surface area contributed by atoms with E-state index in [-0.39, 0.29) is 11.6 Å². The molecular formula is C13H10N2O2. The lowest BCUT2D eigenvalue weighted by Gasteiger charge is -2.01. The number of benzene rings is 1. The van der Waals surface area contributed by atoms with Gasteiger partial charge in [0.05, 0.1) is 5.69 Å². The van der Waals surface area contributed by atoms with Crippen LogP contribution < -0.4 is 0 Å². The number of fused-ring (bicyclic) bond motifs is 1. The molecule has 0 amide bonds. The highest BCUT2D eigenvalue weighted by Gasteiger charge is 2.40. The number of aromatic nitrogens is 2. The summed E-state index contributed by atoms with van der Waals surface area (Å²) in [5.74, 6) is -1.05. The number of aryl methyl sites for hydroxylation is 1. The molecule has 0 saturated carbocycles. The number of hydrogen-bond donors (Lipinski definition) is 0. The highest BCUT2D eigenvalue weighted by molar-refractivity contribution is 6.29. The Balaban J connectivity index is 2.12. The Morgan fingerprint density at radius 3 is 2.12 bits per heavy atom. The highest BCUT2D eigenvalue weighted by atomic mass is 16.2. The van der Waals surface area contributed by atoms with Gasteiger partial charge in [-0.3, -0.25) is 14.3 Å². The van der Waals surface area contributed by atoms with Gasteiger partial charge in [-0.15, -0.1) is 0 Å². The fourth-order valence-corrected chi connectivity index (χ4v) is 2.20. The van der Waals surface area contributed by atoms with Gasteiger partial charge in [-0.1, -0.05) is 24.3 Å². The molecule has 1 aromatic carbocycles. The van der Waals surface area contributed by atoms with Crippen molar-refractivity contribution in [3.8, 4) is 0 Å². The van der Waals surface area contributed by atoms with Crippen LogP contribution in [0.25, 0.3) is 0 Å². The zero-order valence-corrected chi connectivity index (χ0v) is 9.25. The van der Waals surface area contributed by atoms with E-state index in [4.69, 9.17) is 0 Å². The molecule has 1 aliphatic rings. The number of nitrogens with zero attached hydrogens (tertiary/aromatic N) is 2. The number of carbonyl (C=O) groups is 2. The third kappa shape index (κ3) is 1.34.